The van der Waals surface area contributed by atoms with Crippen LogP contribution in [-0.2, 0) is 13.1 Å². The SMILES string of the molecule is COc1ccc(C2c3cccn3CCCN2Cc2ccc(F)c(F)c2)cc1O. The van der Waals surface area contributed by atoms with Gasteiger partial charge in [-0.3, -0.25) is 4.90 Å². The molecule has 4 rings (SSSR count). The molecule has 3 aromatic rings. The largest absolute Gasteiger partial charge is 0.504 e. The van der Waals surface area contributed by atoms with E-state index in [1.807, 2.05) is 18.3 Å². The van der Waals surface area contributed by atoms with Crippen molar-refractivity contribution < 1.29 is 18.6 Å². The van der Waals surface area contributed by atoms with Gasteiger partial charge in [-0.1, -0.05) is 12.1 Å². The fourth-order valence-corrected chi connectivity index (χ4v) is 3.94. The Labute approximate surface area is 162 Å². The van der Waals surface area contributed by atoms with E-state index in [1.54, 1.807) is 18.2 Å². The molecule has 0 bridgehead atoms. The van der Waals surface area contributed by atoms with E-state index in [1.165, 1.54) is 19.2 Å². The molecule has 1 atom stereocenters. The van der Waals surface area contributed by atoms with Crippen molar-refractivity contribution in [3.8, 4) is 11.5 Å². The number of fused-ring (bicyclic) bond motifs is 1. The molecule has 1 aliphatic heterocycles. The number of ether oxygens (including phenoxy) is 1. The Hall–Kier alpha value is -2.86. The summed E-state index contributed by atoms with van der Waals surface area (Å²) in [6, 6.07) is 13.4. The van der Waals surface area contributed by atoms with Crippen molar-refractivity contribution in [3.05, 3.63) is 83.2 Å². The van der Waals surface area contributed by atoms with E-state index in [4.69, 9.17) is 4.74 Å². The standard InChI is InChI=1S/C22H22F2N2O2/c1-28-21-8-6-16(13-20(21)27)22-19-4-2-9-25(19)10-3-11-26(22)14-15-5-7-17(23)18(24)12-15/h2,4-9,12-13,22,27H,3,10-11,14H2,1H3. The van der Waals surface area contributed by atoms with Crippen molar-refractivity contribution in [2.24, 2.45) is 0 Å². The average Bonchev–Trinajstić information content (AvgIpc) is 3.06. The fourth-order valence-electron chi connectivity index (χ4n) is 3.94. The van der Waals surface area contributed by atoms with Gasteiger partial charge in [-0.25, -0.2) is 8.78 Å². The average molecular weight is 384 g/mol. The van der Waals surface area contributed by atoms with Gasteiger partial charge in [0.1, 0.15) is 0 Å². The third-order valence-corrected chi connectivity index (χ3v) is 5.24. The molecule has 0 saturated carbocycles. The van der Waals surface area contributed by atoms with Crippen LogP contribution in [0.5, 0.6) is 11.5 Å². The lowest BCUT2D eigenvalue weighted by Gasteiger charge is -2.31. The highest BCUT2D eigenvalue weighted by atomic mass is 19.2. The zero-order valence-electron chi connectivity index (χ0n) is 15.6. The molecule has 6 heteroatoms. The zero-order valence-corrected chi connectivity index (χ0v) is 15.6. The lowest BCUT2D eigenvalue weighted by molar-refractivity contribution is 0.219. The number of aromatic nitrogens is 1. The second kappa shape index (κ2) is 7.64. The molecule has 0 aliphatic carbocycles. The molecule has 146 valence electrons. The molecule has 4 nitrogen and oxygen atoms in total. The van der Waals surface area contributed by atoms with Crippen LogP contribution in [0.15, 0.2) is 54.7 Å². The Kier molecular flexibility index (Phi) is 5.05. The number of aromatic hydroxyl groups is 1. The summed E-state index contributed by atoms with van der Waals surface area (Å²) in [5.41, 5.74) is 2.73. The van der Waals surface area contributed by atoms with E-state index < -0.39 is 11.6 Å². The van der Waals surface area contributed by atoms with E-state index in [-0.39, 0.29) is 11.8 Å². The summed E-state index contributed by atoms with van der Waals surface area (Å²) in [7, 11) is 1.51. The van der Waals surface area contributed by atoms with Crippen LogP contribution in [0.1, 0.15) is 29.3 Å². The molecule has 2 heterocycles. The second-order valence-electron chi connectivity index (χ2n) is 7.03. The topological polar surface area (TPSA) is 37.6 Å². The fraction of sp³-hybridized carbons (Fsp3) is 0.273. The van der Waals surface area contributed by atoms with Gasteiger partial charge in [0, 0.05) is 31.5 Å². The van der Waals surface area contributed by atoms with E-state index >= 15 is 0 Å². The van der Waals surface area contributed by atoms with E-state index in [2.05, 4.69) is 15.5 Å². The third kappa shape index (κ3) is 3.47. The highest BCUT2D eigenvalue weighted by Crippen LogP contribution is 2.37. The Morgan fingerprint density at radius 3 is 2.68 bits per heavy atom. The maximum Gasteiger partial charge on any atom is 0.160 e. The molecule has 0 fully saturated rings. The predicted molar refractivity (Wildman–Crippen MR) is 102 cm³/mol. The van der Waals surface area contributed by atoms with Gasteiger partial charge >= 0.3 is 0 Å². The molecule has 1 aromatic heterocycles. The van der Waals surface area contributed by atoms with Crippen molar-refractivity contribution in [1.29, 1.82) is 0 Å². The van der Waals surface area contributed by atoms with Crippen molar-refractivity contribution in [1.82, 2.24) is 9.47 Å². The minimum atomic E-state index is -0.842. The maximum atomic E-state index is 13.7. The van der Waals surface area contributed by atoms with Crippen LogP contribution in [0, 0.1) is 11.6 Å². The Balaban J connectivity index is 1.74. The summed E-state index contributed by atoms with van der Waals surface area (Å²) in [5.74, 6) is -1.19. The maximum absolute atomic E-state index is 13.7. The highest BCUT2D eigenvalue weighted by Gasteiger charge is 2.28. The third-order valence-electron chi connectivity index (χ3n) is 5.24. The number of rotatable bonds is 4. The monoisotopic (exact) mass is 384 g/mol. The summed E-state index contributed by atoms with van der Waals surface area (Å²) in [6.07, 6.45) is 2.98. The van der Waals surface area contributed by atoms with E-state index in [9.17, 15) is 13.9 Å². The first-order valence-electron chi connectivity index (χ1n) is 9.26. The predicted octanol–water partition coefficient (Wildman–Crippen LogP) is 4.48. The summed E-state index contributed by atoms with van der Waals surface area (Å²) in [5, 5.41) is 10.3. The number of nitrogens with zero attached hydrogens (tertiary/aromatic N) is 2. The lowest BCUT2D eigenvalue weighted by atomic mass is 10.0. The Morgan fingerprint density at radius 2 is 1.93 bits per heavy atom. The number of aryl methyl sites for hydroxylation is 1. The van der Waals surface area contributed by atoms with Crippen LogP contribution < -0.4 is 4.74 Å². The van der Waals surface area contributed by atoms with Crippen LogP contribution >= 0.6 is 0 Å². The minimum absolute atomic E-state index is 0.0788. The lowest BCUT2D eigenvalue weighted by Crippen LogP contribution is -2.29. The van der Waals surface area contributed by atoms with Crippen molar-refractivity contribution >= 4 is 0 Å². The molecule has 0 amide bonds. The number of benzene rings is 2. The van der Waals surface area contributed by atoms with Gasteiger partial charge < -0.3 is 14.4 Å². The second-order valence-corrected chi connectivity index (χ2v) is 7.03. The number of phenols is 1. The van der Waals surface area contributed by atoms with Gasteiger partial charge in [-0.05, 0) is 53.9 Å². The summed E-state index contributed by atoms with van der Waals surface area (Å²) < 4.78 is 34.4. The molecule has 0 spiro atoms. The summed E-state index contributed by atoms with van der Waals surface area (Å²) in [4.78, 5) is 2.23. The molecular formula is C22H22F2N2O2. The van der Waals surface area contributed by atoms with Crippen LogP contribution in [0.4, 0.5) is 8.78 Å². The molecule has 1 aliphatic rings. The van der Waals surface area contributed by atoms with Crippen LogP contribution in [0.2, 0.25) is 0 Å². The van der Waals surface area contributed by atoms with Crippen LogP contribution in [0.3, 0.4) is 0 Å². The van der Waals surface area contributed by atoms with Gasteiger partial charge in [0.2, 0.25) is 0 Å². The molecule has 0 saturated heterocycles. The number of hydrogen-bond donors (Lipinski definition) is 1. The molecular weight excluding hydrogens is 362 g/mol. The summed E-state index contributed by atoms with van der Waals surface area (Å²) in [6.45, 7) is 2.15. The first-order chi connectivity index (χ1) is 13.6. The Morgan fingerprint density at radius 1 is 1.07 bits per heavy atom. The van der Waals surface area contributed by atoms with Crippen molar-refractivity contribution in [2.75, 3.05) is 13.7 Å². The van der Waals surface area contributed by atoms with E-state index in [0.717, 1.165) is 30.8 Å². The molecule has 28 heavy (non-hydrogen) atoms. The van der Waals surface area contributed by atoms with Gasteiger partial charge in [0.05, 0.1) is 13.2 Å². The molecule has 1 N–H and O–H groups in total. The number of halogens is 2. The van der Waals surface area contributed by atoms with E-state index in [0.29, 0.717) is 17.9 Å². The minimum Gasteiger partial charge on any atom is -0.504 e. The molecule has 0 radical (unpaired) electrons. The highest BCUT2D eigenvalue weighted by molar-refractivity contribution is 5.44. The van der Waals surface area contributed by atoms with Crippen molar-refractivity contribution in [3.63, 3.8) is 0 Å². The van der Waals surface area contributed by atoms with Gasteiger partial charge in [0.15, 0.2) is 23.1 Å². The first-order valence-corrected chi connectivity index (χ1v) is 9.26. The Bertz CT molecular complexity index is 986. The number of methoxy groups -OCH3 is 1. The number of hydrogen-bond acceptors (Lipinski definition) is 3. The van der Waals surface area contributed by atoms with Gasteiger partial charge in [-0.15, -0.1) is 0 Å². The van der Waals surface area contributed by atoms with Crippen molar-refractivity contribution in [2.45, 2.75) is 25.6 Å². The quantitative estimate of drug-likeness (QED) is 0.721. The first kappa shape index (κ1) is 18.5. The number of phenolic OH excluding ortho intramolecular Hbond substituents is 1. The molecule has 2 aromatic carbocycles. The smallest absolute Gasteiger partial charge is 0.160 e. The normalized spacial score (nSPS) is 17.2. The van der Waals surface area contributed by atoms with Gasteiger partial charge in [-0.2, -0.15) is 0 Å². The zero-order chi connectivity index (χ0) is 19.7. The molecule has 1 unspecified atom stereocenters. The van der Waals surface area contributed by atoms with Crippen LogP contribution in [-0.4, -0.2) is 28.2 Å². The summed E-state index contributed by atoms with van der Waals surface area (Å²) >= 11 is 0. The van der Waals surface area contributed by atoms with Crippen LogP contribution in [0.25, 0.3) is 0 Å². The van der Waals surface area contributed by atoms with Gasteiger partial charge in [0.25, 0.3) is 0 Å².